The van der Waals surface area contributed by atoms with Gasteiger partial charge >= 0.3 is 0 Å². The summed E-state index contributed by atoms with van der Waals surface area (Å²) in [5.74, 6) is 0. The van der Waals surface area contributed by atoms with E-state index in [9.17, 15) is 0 Å². The fourth-order valence-electron chi connectivity index (χ4n) is 8.86. The third-order valence-corrected chi connectivity index (χ3v) is 11.2. The summed E-state index contributed by atoms with van der Waals surface area (Å²) < 4.78 is 18.2. The molecule has 0 radical (unpaired) electrons. The van der Waals surface area contributed by atoms with E-state index in [1.807, 2.05) is 25.1 Å². The van der Waals surface area contributed by atoms with Crippen molar-refractivity contribution in [2.75, 3.05) is 0 Å². The third-order valence-electron chi connectivity index (χ3n) is 11.2. The van der Waals surface area contributed by atoms with Crippen LogP contribution in [0.4, 0.5) is 0 Å². The zero-order valence-corrected chi connectivity index (χ0v) is 29.2. The summed E-state index contributed by atoms with van der Waals surface area (Å²) in [5, 5.41) is 11.8. The van der Waals surface area contributed by atoms with Gasteiger partial charge in [0.2, 0.25) is 0 Å². The molecule has 8 aromatic carbocycles. The first-order valence-corrected chi connectivity index (χ1v) is 18.0. The van der Waals surface area contributed by atoms with Gasteiger partial charge in [0.1, 0.15) is 11.2 Å². The lowest BCUT2D eigenvalue weighted by molar-refractivity contribution is 0.566. The van der Waals surface area contributed by atoms with E-state index in [1.54, 1.807) is 0 Å². The first-order chi connectivity index (χ1) is 26.2. The Bertz CT molecular complexity index is 3140. The highest BCUT2D eigenvalue weighted by Crippen LogP contribution is 2.49. The highest BCUT2D eigenvalue weighted by molar-refractivity contribution is 6.26. The molecule has 3 heterocycles. The lowest BCUT2D eigenvalue weighted by Crippen LogP contribution is -1.91. The van der Waals surface area contributed by atoms with Crippen molar-refractivity contribution >= 4 is 65.0 Å². The molecular formula is C50H32O3. The Balaban J connectivity index is 1.19. The van der Waals surface area contributed by atoms with Crippen LogP contribution in [-0.4, -0.2) is 0 Å². The van der Waals surface area contributed by atoms with Gasteiger partial charge in [-0.05, 0) is 109 Å². The predicted octanol–water partition coefficient (Wildman–Crippen LogP) is 14.7. The number of benzene rings is 8. The quantitative estimate of drug-likeness (QED) is 0.174. The van der Waals surface area contributed by atoms with Crippen molar-refractivity contribution in [3.05, 3.63) is 170 Å². The van der Waals surface area contributed by atoms with Crippen molar-refractivity contribution < 1.29 is 13.3 Å². The van der Waals surface area contributed by atoms with E-state index in [1.165, 1.54) is 65.3 Å². The molecule has 0 aliphatic rings. The lowest BCUT2D eigenvalue weighted by atomic mass is 9.84. The van der Waals surface area contributed by atoms with Crippen LogP contribution in [0.1, 0.15) is 11.1 Å². The zero-order chi connectivity index (χ0) is 35.2. The van der Waals surface area contributed by atoms with Crippen LogP contribution in [0.3, 0.4) is 0 Å². The normalized spacial score (nSPS) is 12.0. The predicted molar refractivity (Wildman–Crippen MR) is 219 cm³/mol. The fraction of sp³-hybridized carbons (Fsp3) is 0.0400. The first kappa shape index (κ1) is 29.8. The van der Waals surface area contributed by atoms with Gasteiger partial charge in [-0.3, -0.25) is 0 Å². The van der Waals surface area contributed by atoms with Crippen molar-refractivity contribution in [2.24, 2.45) is 0 Å². The number of hydrogen-bond acceptors (Lipinski definition) is 3. The van der Waals surface area contributed by atoms with Crippen molar-refractivity contribution in [1.29, 1.82) is 0 Å². The van der Waals surface area contributed by atoms with Gasteiger partial charge in [-0.2, -0.15) is 0 Å². The van der Waals surface area contributed by atoms with Gasteiger partial charge < -0.3 is 13.3 Å². The summed E-state index contributed by atoms with van der Waals surface area (Å²) in [4.78, 5) is 0. The zero-order valence-electron chi connectivity index (χ0n) is 29.2. The minimum absolute atomic E-state index is 0.868. The minimum atomic E-state index is 0.868. The molecule has 0 fully saturated rings. The number of rotatable bonds is 4. The molecular weight excluding hydrogens is 649 g/mol. The van der Waals surface area contributed by atoms with Crippen LogP contribution in [0.25, 0.3) is 110 Å². The molecule has 0 spiro atoms. The number of hydrogen-bond donors (Lipinski definition) is 0. The van der Waals surface area contributed by atoms with E-state index in [-0.39, 0.29) is 0 Å². The van der Waals surface area contributed by atoms with Crippen LogP contribution in [0.2, 0.25) is 0 Å². The molecule has 0 aliphatic heterocycles. The minimum Gasteiger partial charge on any atom is -0.472 e. The van der Waals surface area contributed by atoms with E-state index >= 15 is 0 Å². The Kier molecular flexibility index (Phi) is 6.38. The fourth-order valence-corrected chi connectivity index (χ4v) is 8.86. The lowest BCUT2D eigenvalue weighted by Gasteiger charge is -2.18. The maximum atomic E-state index is 6.80. The summed E-state index contributed by atoms with van der Waals surface area (Å²) in [6.07, 6.45) is 7.42. The highest BCUT2D eigenvalue weighted by atomic mass is 16.3. The second kappa shape index (κ2) is 11.3. The molecule has 0 aliphatic carbocycles. The van der Waals surface area contributed by atoms with Crippen molar-refractivity contribution in [3.63, 3.8) is 0 Å². The molecule has 0 saturated heterocycles. The van der Waals surface area contributed by atoms with Crippen LogP contribution < -0.4 is 0 Å². The van der Waals surface area contributed by atoms with E-state index < -0.39 is 0 Å². The van der Waals surface area contributed by atoms with Gasteiger partial charge in [0.15, 0.2) is 0 Å². The molecule has 0 unspecified atom stereocenters. The Morgan fingerprint density at radius 3 is 1.21 bits per heavy atom. The summed E-state index contributed by atoms with van der Waals surface area (Å²) in [6, 6.07) is 48.2. The number of fused-ring (bicyclic) bond motifs is 7. The topological polar surface area (TPSA) is 39.4 Å². The van der Waals surface area contributed by atoms with Gasteiger partial charge in [0.25, 0.3) is 0 Å². The maximum absolute atomic E-state index is 6.80. The second-order valence-electron chi connectivity index (χ2n) is 14.1. The largest absolute Gasteiger partial charge is 0.472 e. The molecule has 0 saturated carbocycles. The average Bonchev–Trinajstić information content (AvgIpc) is 3.93. The summed E-state index contributed by atoms with van der Waals surface area (Å²) in [5.41, 5.74) is 13.3. The first-order valence-electron chi connectivity index (χ1n) is 18.0. The molecule has 3 aromatic heterocycles. The van der Waals surface area contributed by atoms with Crippen molar-refractivity contribution in [2.45, 2.75) is 13.8 Å². The number of aryl methyl sites for hydroxylation is 2. The molecule has 11 aromatic rings. The Labute approximate surface area is 305 Å². The summed E-state index contributed by atoms with van der Waals surface area (Å²) in [6.45, 7) is 4.23. The van der Waals surface area contributed by atoms with Crippen molar-refractivity contribution in [1.82, 2.24) is 0 Å². The second-order valence-corrected chi connectivity index (χ2v) is 14.1. The molecule has 250 valence electrons. The SMILES string of the molecule is Cc1cocc1-c1c2ccccc2c(-c2ccc3c(c2)oc2cccc(-c4c5ccccc5c(-c5cocc5C)c5ccccc45)c23)c2ccccc12. The van der Waals surface area contributed by atoms with Crippen LogP contribution in [0.15, 0.2) is 172 Å². The Hall–Kier alpha value is -6.84. The van der Waals surface area contributed by atoms with Gasteiger partial charge in [0.05, 0.1) is 25.1 Å². The summed E-state index contributed by atoms with van der Waals surface area (Å²) in [7, 11) is 0. The number of furan rings is 3. The standard InChI is InChI=1S/C50H32O3/c1-29-25-51-27-42(29)48-34-14-5-3-12-32(34)46(33-13-4-6-15-35(33)48)31-22-23-40-45(24-31)53-44-21-11-20-41(50(40)44)47-36-16-7-9-18-38(36)49(43-28-52-26-30(43)2)39-19-10-8-17-37(39)47/h3-28H,1-2H3. The van der Waals surface area contributed by atoms with E-state index in [0.29, 0.717) is 0 Å². The van der Waals surface area contributed by atoms with Crippen molar-refractivity contribution in [3.8, 4) is 44.5 Å². The highest BCUT2D eigenvalue weighted by Gasteiger charge is 2.23. The van der Waals surface area contributed by atoms with E-state index in [4.69, 9.17) is 13.3 Å². The summed E-state index contributed by atoms with van der Waals surface area (Å²) >= 11 is 0. The van der Waals surface area contributed by atoms with Gasteiger partial charge in [0, 0.05) is 33.0 Å². The molecule has 0 atom stereocenters. The van der Waals surface area contributed by atoms with Gasteiger partial charge in [-0.25, -0.2) is 0 Å². The van der Waals surface area contributed by atoms with E-state index in [2.05, 4.69) is 147 Å². The molecule has 0 N–H and O–H groups in total. The Morgan fingerprint density at radius 2 is 0.774 bits per heavy atom. The molecule has 0 bridgehead atoms. The maximum Gasteiger partial charge on any atom is 0.136 e. The van der Waals surface area contributed by atoms with Gasteiger partial charge in [-0.15, -0.1) is 0 Å². The monoisotopic (exact) mass is 680 g/mol. The van der Waals surface area contributed by atoms with Crippen LogP contribution in [0.5, 0.6) is 0 Å². The molecule has 11 rings (SSSR count). The van der Waals surface area contributed by atoms with E-state index in [0.717, 1.165) is 55.3 Å². The molecule has 0 amide bonds. The average molecular weight is 681 g/mol. The van der Waals surface area contributed by atoms with Crippen LogP contribution >= 0.6 is 0 Å². The smallest absolute Gasteiger partial charge is 0.136 e. The molecule has 3 nitrogen and oxygen atoms in total. The van der Waals surface area contributed by atoms with Gasteiger partial charge in [-0.1, -0.05) is 115 Å². The molecule has 53 heavy (non-hydrogen) atoms. The molecule has 3 heteroatoms. The van der Waals surface area contributed by atoms with Crippen LogP contribution in [-0.2, 0) is 0 Å². The Morgan fingerprint density at radius 1 is 0.340 bits per heavy atom. The third kappa shape index (κ3) is 4.28. The van der Waals surface area contributed by atoms with Crippen LogP contribution in [0, 0.1) is 13.8 Å².